The molecule has 3 nitrogen and oxygen atoms in total. The smallest absolute Gasteiger partial charge is 0.170 e. The molecular weight excluding hydrogens is 346 g/mol. The van der Waals surface area contributed by atoms with Crippen LogP contribution in [0.4, 0.5) is 5.69 Å². The maximum atomic E-state index is 9.05. The van der Waals surface area contributed by atoms with Crippen molar-refractivity contribution >= 4 is 46.4 Å². The van der Waals surface area contributed by atoms with Crippen molar-refractivity contribution in [3.8, 4) is 6.07 Å². The van der Waals surface area contributed by atoms with Gasteiger partial charge in [0.05, 0.1) is 11.6 Å². The summed E-state index contributed by atoms with van der Waals surface area (Å²) in [5.41, 5.74) is 2.72. The van der Waals surface area contributed by atoms with E-state index in [9.17, 15) is 0 Å². The molecule has 23 heavy (non-hydrogen) atoms. The Balaban J connectivity index is 1.66. The molecule has 2 rings (SSSR count). The van der Waals surface area contributed by atoms with Crippen LogP contribution < -0.4 is 10.6 Å². The molecule has 0 aliphatic heterocycles. The van der Waals surface area contributed by atoms with Gasteiger partial charge in [0, 0.05) is 28.8 Å². The van der Waals surface area contributed by atoms with Crippen LogP contribution in [0.3, 0.4) is 0 Å². The van der Waals surface area contributed by atoms with Crippen LogP contribution in [0.15, 0.2) is 48.5 Å². The van der Waals surface area contributed by atoms with Gasteiger partial charge >= 0.3 is 0 Å². The highest BCUT2D eigenvalue weighted by atomic mass is 35.5. The summed E-state index contributed by atoms with van der Waals surface area (Å²) in [5, 5.41) is 16.6. The number of thioether (sulfide) groups is 1. The topological polar surface area (TPSA) is 47.9 Å². The molecule has 0 amide bonds. The second kappa shape index (κ2) is 9.41. The Bertz CT molecular complexity index is 696. The molecule has 0 bridgehead atoms. The highest BCUT2D eigenvalue weighted by Crippen LogP contribution is 2.16. The average molecular weight is 362 g/mol. The van der Waals surface area contributed by atoms with Crippen molar-refractivity contribution in [1.29, 1.82) is 5.26 Å². The van der Waals surface area contributed by atoms with E-state index in [1.807, 2.05) is 48.5 Å². The summed E-state index contributed by atoms with van der Waals surface area (Å²) >= 11 is 12.9. The Labute approximate surface area is 151 Å². The average Bonchev–Trinajstić information content (AvgIpc) is 2.57. The van der Waals surface area contributed by atoms with E-state index in [2.05, 4.69) is 16.7 Å². The van der Waals surface area contributed by atoms with Gasteiger partial charge < -0.3 is 10.6 Å². The van der Waals surface area contributed by atoms with Crippen molar-refractivity contribution in [3.63, 3.8) is 0 Å². The van der Waals surface area contributed by atoms with Crippen LogP contribution in [0.1, 0.15) is 11.1 Å². The van der Waals surface area contributed by atoms with Crippen molar-refractivity contribution in [2.24, 2.45) is 0 Å². The van der Waals surface area contributed by atoms with Crippen LogP contribution in [0.25, 0.3) is 0 Å². The second-order valence-electron chi connectivity index (χ2n) is 4.71. The molecule has 0 aliphatic carbocycles. The Morgan fingerprint density at radius 2 is 1.91 bits per heavy atom. The first-order valence-electron chi connectivity index (χ1n) is 7.05. The Morgan fingerprint density at radius 3 is 2.65 bits per heavy atom. The Kier molecular flexibility index (Phi) is 7.21. The number of nitrogens with one attached hydrogen (secondary N) is 2. The number of thiocarbonyl (C=S) groups is 1. The highest BCUT2D eigenvalue weighted by Gasteiger charge is 2.01. The van der Waals surface area contributed by atoms with Gasteiger partial charge in [0.25, 0.3) is 0 Å². The first-order valence-corrected chi connectivity index (χ1v) is 8.99. The van der Waals surface area contributed by atoms with Crippen LogP contribution in [-0.2, 0) is 5.75 Å². The van der Waals surface area contributed by atoms with E-state index in [-0.39, 0.29) is 0 Å². The van der Waals surface area contributed by atoms with Gasteiger partial charge in [-0.1, -0.05) is 29.8 Å². The highest BCUT2D eigenvalue weighted by molar-refractivity contribution is 7.98. The molecule has 118 valence electrons. The fourth-order valence-corrected chi connectivity index (χ4v) is 3.09. The third-order valence-corrected chi connectivity index (χ3v) is 4.54. The lowest BCUT2D eigenvalue weighted by molar-refractivity contribution is 0.990. The van der Waals surface area contributed by atoms with Gasteiger partial charge in [0.15, 0.2) is 5.11 Å². The van der Waals surface area contributed by atoms with Gasteiger partial charge in [-0.25, -0.2) is 0 Å². The van der Waals surface area contributed by atoms with E-state index in [1.165, 1.54) is 0 Å². The zero-order valence-electron chi connectivity index (χ0n) is 12.4. The predicted molar refractivity (Wildman–Crippen MR) is 103 cm³/mol. The van der Waals surface area contributed by atoms with Crippen molar-refractivity contribution in [2.75, 3.05) is 17.6 Å². The minimum Gasteiger partial charge on any atom is -0.362 e. The molecule has 0 saturated carbocycles. The molecule has 2 aromatic rings. The molecule has 6 heteroatoms. The third-order valence-electron chi connectivity index (χ3n) is 3.03. The Hall–Kier alpha value is -1.74. The largest absolute Gasteiger partial charge is 0.362 e. The summed E-state index contributed by atoms with van der Waals surface area (Å²) in [5.74, 6) is 1.73. The molecule has 0 spiro atoms. The zero-order valence-corrected chi connectivity index (χ0v) is 14.8. The summed E-state index contributed by atoms with van der Waals surface area (Å²) in [6.07, 6.45) is 0. The number of benzene rings is 2. The maximum Gasteiger partial charge on any atom is 0.170 e. The van der Waals surface area contributed by atoms with Crippen LogP contribution in [-0.4, -0.2) is 17.4 Å². The molecule has 0 unspecified atom stereocenters. The monoisotopic (exact) mass is 361 g/mol. The molecule has 2 N–H and O–H groups in total. The van der Waals surface area contributed by atoms with Gasteiger partial charge in [-0.15, -0.1) is 0 Å². The number of anilines is 1. The number of hydrogen-bond acceptors (Lipinski definition) is 3. The lowest BCUT2D eigenvalue weighted by Crippen LogP contribution is -2.30. The van der Waals surface area contributed by atoms with E-state index >= 15 is 0 Å². The number of rotatable bonds is 6. The molecular formula is C17H16ClN3S2. The van der Waals surface area contributed by atoms with E-state index in [0.29, 0.717) is 10.1 Å². The van der Waals surface area contributed by atoms with Crippen molar-refractivity contribution in [3.05, 3.63) is 64.7 Å². The van der Waals surface area contributed by atoms with Gasteiger partial charge in [0.2, 0.25) is 0 Å². The minimum absolute atomic E-state index is 0.588. The standard InChI is InChI=1S/C17H16ClN3S2/c18-15-5-7-16(8-6-15)21-17(22)20-9-10-23-12-14-4-2-1-3-13(14)11-19/h1-8H,9-10,12H2,(H2,20,21,22). The number of halogens is 1. The van der Waals surface area contributed by atoms with Crippen LogP contribution >= 0.6 is 35.6 Å². The molecule has 0 aromatic heterocycles. The molecule has 2 aromatic carbocycles. The lowest BCUT2D eigenvalue weighted by Gasteiger charge is -2.10. The Morgan fingerprint density at radius 1 is 1.17 bits per heavy atom. The van der Waals surface area contributed by atoms with E-state index < -0.39 is 0 Å². The minimum atomic E-state index is 0.588. The van der Waals surface area contributed by atoms with Gasteiger partial charge in [-0.05, 0) is 48.1 Å². The second-order valence-corrected chi connectivity index (χ2v) is 6.66. The molecule has 0 aliphatic rings. The van der Waals surface area contributed by atoms with Crippen molar-refractivity contribution in [2.45, 2.75) is 5.75 Å². The lowest BCUT2D eigenvalue weighted by atomic mass is 10.1. The maximum absolute atomic E-state index is 9.05. The molecule has 0 radical (unpaired) electrons. The van der Waals surface area contributed by atoms with Crippen molar-refractivity contribution < 1.29 is 0 Å². The predicted octanol–water partition coefficient (Wildman–Crippen LogP) is 4.43. The van der Waals surface area contributed by atoms with Gasteiger partial charge in [0.1, 0.15) is 0 Å². The van der Waals surface area contributed by atoms with Gasteiger partial charge in [-0.3, -0.25) is 0 Å². The summed E-state index contributed by atoms with van der Waals surface area (Å²) < 4.78 is 0. The fraction of sp³-hybridized carbons (Fsp3) is 0.176. The first-order chi connectivity index (χ1) is 11.2. The van der Waals surface area contributed by atoms with E-state index in [4.69, 9.17) is 29.1 Å². The van der Waals surface area contributed by atoms with E-state index in [0.717, 1.165) is 34.9 Å². The van der Waals surface area contributed by atoms with E-state index in [1.54, 1.807) is 11.8 Å². The number of hydrogen-bond donors (Lipinski definition) is 2. The molecule has 0 atom stereocenters. The summed E-state index contributed by atoms with van der Waals surface area (Å²) in [6.45, 7) is 0.763. The van der Waals surface area contributed by atoms with Gasteiger partial charge in [-0.2, -0.15) is 17.0 Å². The normalized spacial score (nSPS) is 9.91. The van der Waals surface area contributed by atoms with Crippen LogP contribution in [0, 0.1) is 11.3 Å². The quantitative estimate of drug-likeness (QED) is 0.588. The number of nitriles is 1. The van der Waals surface area contributed by atoms with Crippen LogP contribution in [0.2, 0.25) is 5.02 Å². The first kappa shape index (κ1) is 17.6. The molecule has 0 fully saturated rings. The van der Waals surface area contributed by atoms with Crippen molar-refractivity contribution in [1.82, 2.24) is 5.32 Å². The number of nitrogens with zero attached hydrogens (tertiary/aromatic N) is 1. The summed E-state index contributed by atoms with van der Waals surface area (Å²) in [6, 6.07) is 17.3. The van der Waals surface area contributed by atoms with Crippen LogP contribution in [0.5, 0.6) is 0 Å². The fourth-order valence-electron chi connectivity index (χ4n) is 1.88. The third kappa shape index (κ3) is 6.11. The summed E-state index contributed by atoms with van der Waals surface area (Å²) in [7, 11) is 0. The molecule has 0 saturated heterocycles. The molecule has 0 heterocycles. The zero-order chi connectivity index (χ0) is 16.5. The SMILES string of the molecule is N#Cc1ccccc1CSCCNC(=S)Nc1ccc(Cl)cc1. The summed E-state index contributed by atoms with van der Waals surface area (Å²) in [4.78, 5) is 0.